The molecule has 1 saturated heterocycles. The Bertz CT molecular complexity index is 304. The lowest BCUT2D eigenvalue weighted by molar-refractivity contribution is -0.158. The highest BCUT2D eigenvalue weighted by atomic mass is 16.7. The number of rotatable bonds is 5. The average molecular weight is 208 g/mol. The van der Waals surface area contributed by atoms with Gasteiger partial charge in [0.15, 0.2) is 0 Å². The monoisotopic (exact) mass is 208 g/mol. The van der Waals surface area contributed by atoms with Gasteiger partial charge in [0.25, 0.3) is 0 Å². The van der Waals surface area contributed by atoms with E-state index < -0.39 is 5.79 Å². The number of para-hydroxylation sites is 1. The SMILES string of the molecule is CC(C)(OCC1CO1)Oc1ccccc1. The van der Waals surface area contributed by atoms with E-state index in [1.54, 1.807) is 0 Å². The summed E-state index contributed by atoms with van der Waals surface area (Å²) >= 11 is 0. The van der Waals surface area contributed by atoms with Gasteiger partial charge in [0.05, 0.1) is 13.2 Å². The van der Waals surface area contributed by atoms with Crippen LogP contribution in [0.5, 0.6) is 5.75 Å². The molecule has 1 heterocycles. The van der Waals surface area contributed by atoms with Crippen LogP contribution in [0.25, 0.3) is 0 Å². The van der Waals surface area contributed by atoms with E-state index in [2.05, 4.69) is 0 Å². The summed E-state index contributed by atoms with van der Waals surface area (Å²) in [5.41, 5.74) is 0. The van der Waals surface area contributed by atoms with Gasteiger partial charge in [-0.1, -0.05) is 18.2 Å². The summed E-state index contributed by atoms with van der Waals surface area (Å²) in [5, 5.41) is 0. The molecule has 0 N–H and O–H groups in total. The smallest absolute Gasteiger partial charge is 0.204 e. The molecule has 0 saturated carbocycles. The summed E-state index contributed by atoms with van der Waals surface area (Å²) in [7, 11) is 0. The van der Waals surface area contributed by atoms with Gasteiger partial charge < -0.3 is 14.2 Å². The van der Waals surface area contributed by atoms with Crippen molar-refractivity contribution < 1.29 is 14.2 Å². The zero-order valence-corrected chi connectivity index (χ0v) is 9.10. The Kier molecular flexibility index (Phi) is 2.93. The second-order valence-corrected chi connectivity index (χ2v) is 4.08. The first-order valence-electron chi connectivity index (χ1n) is 5.15. The van der Waals surface area contributed by atoms with Gasteiger partial charge in [0, 0.05) is 13.8 Å². The molecule has 1 aromatic carbocycles. The van der Waals surface area contributed by atoms with Crippen LogP contribution in [-0.4, -0.2) is 25.1 Å². The van der Waals surface area contributed by atoms with Crippen LogP contribution >= 0.6 is 0 Å². The quantitative estimate of drug-likeness (QED) is 0.549. The van der Waals surface area contributed by atoms with E-state index in [9.17, 15) is 0 Å². The van der Waals surface area contributed by atoms with Gasteiger partial charge >= 0.3 is 0 Å². The topological polar surface area (TPSA) is 31.0 Å². The van der Waals surface area contributed by atoms with Crippen molar-refractivity contribution in [1.82, 2.24) is 0 Å². The van der Waals surface area contributed by atoms with Crippen LogP contribution in [0.15, 0.2) is 30.3 Å². The third kappa shape index (κ3) is 3.53. The predicted octanol–water partition coefficient (Wildman–Crippen LogP) is 2.22. The fraction of sp³-hybridized carbons (Fsp3) is 0.500. The molecule has 3 heteroatoms. The Balaban J connectivity index is 1.85. The molecule has 1 aromatic rings. The van der Waals surface area contributed by atoms with Crippen LogP contribution in [0.1, 0.15) is 13.8 Å². The molecule has 3 nitrogen and oxygen atoms in total. The lowest BCUT2D eigenvalue weighted by atomic mass is 10.3. The van der Waals surface area contributed by atoms with Gasteiger partial charge in [-0.2, -0.15) is 0 Å². The highest BCUT2D eigenvalue weighted by Crippen LogP contribution is 2.20. The molecule has 0 aromatic heterocycles. The van der Waals surface area contributed by atoms with Gasteiger partial charge in [0.2, 0.25) is 5.79 Å². The van der Waals surface area contributed by atoms with E-state index >= 15 is 0 Å². The maximum Gasteiger partial charge on any atom is 0.204 e. The third-order valence-electron chi connectivity index (χ3n) is 2.13. The molecule has 1 unspecified atom stereocenters. The standard InChI is InChI=1S/C12H16O3/c1-12(2,14-9-11-8-13-11)15-10-6-4-3-5-7-10/h3-7,11H,8-9H2,1-2H3. The van der Waals surface area contributed by atoms with Crippen molar-refractivity contribution in [3.05, 3.63) is 30.3 Å². The Labute approximate surface area is 90.0 Å². The highest BCUT2D eigenvalue weighted by molar-refractivity contribution is 5.21. The van der Waals surface area contributed by atoms with E-state index in [1.165, 1.54) is 0 Å². The van der Waals surface area contributed by atoms with Crippen molar-refractivity contribution in [3.8, 4) is 5.75 Å². The van der Waals surface area contributed by atoms with Crippen molar-refractivity contribution in [1.29, 1.82) is 0 Å². The molecule has 0 amide bonds. The maximum atomic E-state index is 5.70. The van der Waals surface area contributed by atoms with Crippen LogP contribution in [0.2, 0.25) is 0 Å². The minimum atomic E-state index is -0.604. The van der Waals surface area contributed by atoms with Gasteiger partial charge in [-0.15, -0.1) is 0 Å². The van der Waals surface area contributed by atoms with Gasteiger partial charge in [-0.05, 0) is 12.1 Å². The van der Waals surface area contributed by atoms with Crippen LogP contribution in [-0.2, 0) is 9.47 Å². The summed E-state index contributed by atoms with van der Waals surface area (Å²) in [6.45, 7) is 5.21. The number of hydrogen-bond acceptors (Lipinski definition) is 3. The van der Waals surface area contributed by atoms with E-state index in [4.69, 9.17) is 14.2 Å². The first-order chi connectivity index (χ1) is 7.16. The van der Waals surface area contributed by atoms with Crippen molar-refractivity contribution in [2.24, 2.45) is 0 Å². The first-order valence-corrected chi connectivity index (χ1v) is 5.15. The molecule has 0 aliphatic carbocycles. The van der Waals surface area contributed by atoms with E-state index in [1.807, 2.05) is 44.2 Å². The number of ether oxygens (including phenoxy) is 3. The lowest BCUT2D eigenvalue weighted by Gasteiger charge is -2.26. The second-order valence-electron chi connectivity index (χ2n) is 4.08. The van der Waals surface area contributed by atoms with E-state index in [-0.39, 0.29) is 6.10 Å². The molecular weight excluding hydrogens is 192 g/mol. The Morgan fingerprint density at radius 3 is 2.60 bits per heavy atom. The molecule has 1 atom stereocenters. The van der Waals surface area contributed by atoms with Crippen LogP contribution in [0.3, 0.4) is 0 Å². The Hall–Kier alpha value is -1.06. The second kappa shape index (κ2) is 4.21. The number of hydrogen-bond donors (Lipinski definition) is 0. The fourth-order valence-corrected chi connectivity index (χ4v) is 1.26. The molecule has 2 rings (SSSR count). The van der Waals surface area contributed by atoms with Crippen molar-refractivity contribution in [2.75, 3.05) is 13.2 Å². The van der Waals surface area contributed by atoms with E-state index in [0.717, 1.165) is 12.4 Å². The molecular formula is C12H16O3. The summed E-state index contributed by atoms with van der Waals surface area (Å²) in [4.78, 5) is 0. The Morgan fingerprint density at radius 2 is 2.00 bits per heavy atom. The summed E-state index contributed by atoms with van der Waals surface area (Å²) in [6.07, 6.45) is 0.267. The van der Waals surface area contributed by atoms with Crippen LogP contribution in [0, 0.1) is 0 Å². The van der Waals surface area contributed by atoms with Crippen molar-refractivity contribution in [2.45, 2.75) is 25.7 Å². The molecule has 0 spiro atoms. The minimum absolute atomic E-state index is 0.267. The molecule has 0 bridgehead atoms. The Morgan fingerprint density at radius 1 is 1.33 bits per heavy atom. The molecule has 82 valence electrons. The van der Waals surface area contributed by atoms with E-state index in [0.29, 0.717) is 6.61 Å². The molecule has 1 fully saturated rings. The number of epoxide rings is 1. The van der Waals surface area contributed by atoms with Gasteiger partial charge in [0.1, 0.15) is 11.9 Å². The van der Waals surface area contributed by atoms with Crippen molar-refractivity contribution >= 4 is 0 Å². The van der Waals surface area contributed by atoms with Crippen LogP contribution < -0.4 is 4.74 Å². The number of benzene rings is 1. The first kappa shape index (κ1) is 10.5. The zero-order valence-electron chi connectivity index (χ0n) is 9.10. The van der Waals surface area contributed by atoms with Crippen LogP contribution in [0.4, 0.5) is 0 Å². The van der Waals surface area contributed by atoms with Gasteiger partial charge in [-0.3, -0.25) is 0 Å². The zero-order chi connectivity index (χ0) is 10.7. The summed E-state index contributed by atoms with van der Waals surface area (Å²) < 4.78 is 16.4. The summed E-state index contributed by atoms with van der Waals surface area (Å²) in [6, 6.07) is 9.67. The molecule has 0 radical (unpaired) electrons. The molecule has 15 heavy (non-hydrogen) atoms. The predicted molar refractivity (Wildman–Crippen MR) is 56.8 cm³/mol. The maximum absolute atomic E-state index is 5.70. The lowest BCUT2D eigenvalue weighted by Crippen LogP contribution is -2.33. The summed E-state index contributed by atoms with van der Waals surface area (Å²) in [5.74, 6) is 0.215. The van der Waals surface area contributed by atoms with Crippen molar-refractivity contribution in [3.63, 3.8) is 0 Å². The third-order valence-corrected chi connectivity index (χ3v) is 2.13. The normalized spacial score (nSPS) is 20.0. The molecule has 1 aliphatic rings. The largest absolute Gasteiger partial charge is 0.463 e. The highest BCUT2D eigenvalue weighted by Gasteiger charge is 2.28. The average Bonchev–Trinajstić information content (AvgIpc) is 2.99. The fourth-order valence-electron chi connectivity index (χ4n) is 1.26. The molecule has 1 aliphatic heterocycles. The minimum Gasteiger partial charge on any atom is -0.463 e. The van der Waals surface area contributed by atoms with Gasteiger partial charge in [-0.25, -0.2) is 0 Å².